The Hall–Kier alpha value is -1.35. The number of carbonyl (C=O) groups excluding carboxylic acids is 1. The summed E-state index contributed by atoms with van der Waals surface area (Å²) in [6, 6.07) is 8.71. The third-order valence-electron chi connectivity index (χ3n) is 3.79. The Morgan fingerprint density at radius 1 is 1.21 bits per heavy atom. The van der Waals surface area contributed by atoms with Crippen molar-refractivity contribution in [3.05, 3.63) is 29.8 Å². The van der Waals surface area contributed by atoms with Crippen molar-refractivity contribution in [2.24, 2.45) is 0 Å². The SMILES string of the molecule is CCc1ccc(NC(=O)CCNC2CCCC2)cc1. The fourth-order valence-electron chi connectivity index (χ4n) is 2.57. The van der Waals surface area contributed by atoms with Crippen molar-refractivity contribution in [1.29, 1.82) is 0 Å². The first-order chi connectivity index (χ1) is 9.28. The maximum absolute atomic E-state index is 11.8. The molecule has 1 fully saturated rings. The summed E-state index contributed by atoms with van der Waals surface area (Å²) >= 11 is 0. The molecule has 104 valence electrons. The zero-order valence-corrected chi connectivity index (χ0v) is 11.7. The van der Waals surface area contributed by atoms with Gasteiger partial charge in [-0.2, -0.15) is 0 Å². The smallest absolute Gasteiger partial charge is 0.225 e. The Morgan fingerprint density at radius 3 is 2.53 bits per heavy atom. The normalized spacial score (nSPS) is 15.6. The van der Waals surface area contributed by atoms with Gasteiger partial charge in [0, 0.05) is 24.7 Å². The second-order valence-electron chi connectivity index (χ2n) is 5.28. The predicted octanol–water partition coefficient (Wildman–Crippen LogP) is 3.11. The highest BCUT2D eigenvalue weighted by atomic mass is 16.1. The lowest BCUT2D eigenvalue weighted by atomic mass is 10.1. The zero-order chi connectivity index (χ0) is 13.5. The van der Waals surface area contributed by atoms with Gasteiger partial charge in [0.1, 0.15) is 0 Å². The van der Waals surface area contributed by atoms with E-state index < -0.39 is 0 Å². The standard InChI is InChI=1S/C16H24N2O/c1-2-13-7-9-15(10-8-13)18-16(19)11-12-17-14-5-3-4-6-14/h7-10,14,17H,2-6,11-12H2,1H3,(H,18,19). The molecule has 3 nitrogen and oxygen atoms in total. The molecule has 0 bridgehead atoms. The molecule has 1 saturated carbocycles. The fourth-order valence-corrected chi connectivity index (χ4v) is 2.57. The molecule has 1 aromatic rings. The van der Waals surface area contributed by atoms with E-state index in [0.717, 1.165) is 18.7 Å². The van der Waals surface area contributed by atoms with Crippen LogP contribution in [-0.2, 0) is 11.2 Å². The number of hydrogen-bond donors (Lipinski definition) is 2. The Bertz CT molecular complexity index is 394. The maximum atomic E-state index is 11.8. The summed E-state index contributed by atoms with van der Waals surface area (Å²) in [4.78, 5) is 11.8. The van der Waals surface area contributed by atoms with Crippen molar-refractivity contribution in [2.75, 3.05) is 11.9 Å². The second kappa shape index (κ2) is 7.29. The molecule has 1 aliphatic carbocycles. The summed E-state index contributed by atoms with van der Waals surface area (Å²) in [6.45, 7) is 2.91. The molecule has 0 unspecified atom stereocenters. The van der Waals surface area contributed by atoms with Gasteiger partial charge in [-0.05, 0) is 37.0 Å². The van der Waals surface area contributed by atoms with Crippen molar-refractivity contribution in [3.8, 4) is 0 Å². The molecule has 0 spiro atoms. The fraction of sp³-hybridized carbons (Fsp3) is 0.562. The van der Waals surface area contributed by atoms with Gasteiger partial charge < -0.3 is 10.6 Å². The monoisotopic (exact) mass is 260 g/mol. The van der Waals surface area contributed by atoms with E-state index in [1.165, 1.54) is 31.2 Å². The molecule has 1 amide bonds. The Labute approximate surface area is 115 Å². The summed E-state index contributed by atoms with van der Waals surface area (Å²) in [7, 11) is 0. The number of benzene rings is 1. The number of aryl methyl sites for hydroxylation is 1. The first kappa shape index (κ1) is 14.1. The Kier molecular flexibility index (Phi) is 5.40. The molecular weight excluding hydrogens is 236 g/mol. The molecule has 2 rings (SSSR count). The highest BCUT2D eigenvalue weighted by Gasteiger charge is 2.14. The first-order valence-corrected chi connectivity index (χ1v) is 7.40. The van der Waals surface area contributed by atoms with Crippen LogP contribution in [0.2, 0.25) is 0 Å². The lowest BCUT2D eigenvalue weighted by Crippen LogP contribution is -2.29. The molecule has 0 aliphatic heterocycles. The Morgan fingerprint density at radius 2 is 1.89 bits per heavy atom. The lowest BCUT2D eigenvalue weighted by molar-refractivity contribution is -0.116. The Balaban J connectivity index is 1.68. The van der Waals surface area contributed by atoms with Gasteiger partial charge in [0.25, 0.3) is 0 Å². The minimum absolute atomic E-state index is 0.0924. The summed E-state index contributed by atoms with van der Waals surface area (Å²) in [5.74, 6) is 0.0924. The molecule has 19 heavy (non-hydrogen) atoms. The summed E-state index contributed by atoms with van der Waals surface area (Å²) < 4.78 is 0. The number of amides is 1. The number of hydrogen-bond acceptors (Lipinski definition) is 2. The van der Waals surface area contributed by atoms with Crippen LogP contribution in [-0.4, -0.2) is 18.5 Å². The molecule has 3 heteroatoms. The lowest BCUT2D eigenvalue weighted by Gasteiger charge is -2.11. The minimum atomic E-state index is 0.0924. The molecule has 1 aromatic carbocycles. The van der Waals surface area contributed by atoms with Crippen LogP contribution in [0.5, 0.6) is 0 Å². The van der Waals surface area contributed by atoms with Crippen molar-refractivity contribution in [3.63, 3.8) is 0 Å². The topological polar surface area (TPSA) is 41.1 Å². The summed E-state index contributed by atoms with van der Waals surface area (Å²) in [5.41, 5.74) is 2.18. The van der Waals surface area contributed by atoms with Crippen LogP contribution >= 0.6 is 0 Å². The third-order valence-corrected chi connectivity index (χ3v) is 3.79. The van der Waals surface area contributed by atoms with Gasteiger partial charge in [-0.25, -0.2) is 0 Å². The summed E-state index contributed by atoms with van der Waals surface area (Å²) in [6.07, 6.45) is 6.76. The van der Waals surface area contributed by atoms with E-state index in [0.29, 0.717) is 12.5 Å². The molecule has 0 atom stereocenters. The number of carbonyl (C=O) groups is 1. The van der Waals surface area contributed by atoms with Crippen LogP contribution < -0.4 is 10.6 Å². The van der Waals surface area contributed by atoms with Gasteiger partial charge >= 0.3 is 0 Å². The molecule has 0 radical (unpaired) electrons. The van der Waals surface area contributed by atoms with Gasteiger partial charge in [0.2, 0.25) is 5.91 Å². The van der Waals surface area contributed by atoms with Crippen molar-refractivity contribution >= 4 is 11.6 Å². The van der Waals surface area contributed by atoms with Crippen LogP contribution in [0.4, 0.5) is 5.69 Å². The van der Waals surface area contributed by atoms with Crippen molar-refractivity contribution in [1.82, 2.24) is 5.32 Å². The van der Waals surface area contributed by atoms with Gasteiger partial charge in [-0.1, -0.05) is 31.9 Å². The molecule has 2 N–H and O–H groups in total. The minimum Gasteiger partial charge on any atom is -0.326 e. The number of nitrogens with one attached hydrogen (secondary N) is 2. The average Bonchev–Trinajstić information content (AvgIpc) is 2.93. The van der Waals surface area contributed by atoms with Crippen LogP contribution in [0, 0.1) is 0 Å². The van der Waals surface area contributed by atoms with E-state index in [4.69, 9.17) is 0 Å². The summed E-state index contributed by atoms with van der Waals surface area (Å²) in [5, 5.41) is 6.40. The molecule has 0 saturated heterocycles. The third kappa shape index (κ3) is 4.67. The number of anilines is 1. The molecular formula is C16H24N2O. The van der Waals surface area contributed by atoms with E-state index >= 15 is 0 Å². The highest BCUT2D eigenvalue weighted by Crippen LogP contribution is 2.17. The van der Waals surface area contributed by atoms with E-state index in [1.54, 1.807) is 0 Å². The van der Waals surface area contributed by atoms with E-state index in [2.05, 4.69) is 29.7 Å². The van der Waals surface area contributed by atoms with Crippen molar-refractivity contribution in [2.45, 2.75) is 51.5 Å². The first-order valence-electron chi connectivity index (χ1n) is 7.40. The van der Waals surface area contributed by atoms with Gasteiger partial charge in [-0.15, -0.1) is 0 Å². The van der Waals surface area contributed by atoms with Crippen LogP contribution in [0.15, 0.2) is 24.3 Å². The predicted molar refractivity (Wildman–Crippen MR) is 79.3 cm³/mol. The second-order valence-corrected chi connectivity index (χ2v) is 5.28. The van der Waals surface area contributed by atoms with E-state index in [-0.39, 0.29) is 5.91 Å². The van der Waals surface area contributed by atoms with Gasteiger partial charge in [0.15, 0.2) is 0 Å². The highest BCUT2D eigenvalue weighted by molar-refractivity contribution is 5.90. The van der Waals surface area contributed by atoms with Crippen molar-refractivity contribution < 1.29 is 4.79 Å². The largest absolute Gasteiger partial charge is 0.326 e. The molecule has 0 heterocycles. The maximum Gasteiger partial charge on any atom is 0.225 e. The van der Waals surface area contributed by atoms with E-state index in [9.17, 15) is 4.79 Å². The van der Waals surface area contributed by atoms with E-state index in [1.807, 2.05) is 12.1 Å². The number of rotatable bonds is 6. The molecule has 1 aliphatic rings. The molecule has 0 aromatic heterocycles. The van der Waals surface area contributed by atoms with Gasteiger partial charge in [-0.3, -0.25) is 4.79 Å². The average molecular weight is 260 g/mol. The zero-order valence-electron chi connectivity index (χ0n) is 11.7. The van der Waals surface area contributed by atoms with Crippen LogP contribution in [0.1, 0.15) is 44.6 Å². The quantitative estimate of drug-likeness (QED) is 0.825. The van der Waals surface area contributed by atoms with Crippen LogP contribution in [0.3, 0.4) is 0 Å². The van der Waals surface area contributed by atoms with Crippen LogP contribution in [0.25, 0.3) is 0 Å². The van der Waals surface area contributed by atoms with Gasteiger partial charge in [0.05, 0.1) is 0 Å².